The SMILES string of the molecule is CN(C)NC1=CCC(=Cc2ccccc2)C=C1. The van der Waals surface area contributed by atoms with Crippen LogP contribution in [0.1, 0.15) is 12.0 Å². The maximum Gasteiger partial charge on any atom is 0.0453 e. The summed E-state index contributed by atoms with van der Waals surface area (Å²) in [7, 11) is 3.98. The zero-order valence-electron chi connectivity index (χ0n) is 10.4. The van der Waals surface area contributed by atoms with Crippen LogP contribution in [0.2, 0.25) is 0 Å². The summed E-state index contributed by atoms with van der Waals surface area (Å²) in [6, 6.07) is 10.4. The topological polar surface area (TPSA) is 15.3 Å². The van der Waals surface area contributed by atoms with E-state index in [1.54, 1.807) is 0 Å². The van der Waals surface area contributed by atoms with E-state index in [1.165, 1.54) is 11.1 Å². The molecule has 0 heterocycles. The van der Waals surface area contributed by atoms with Gasteiger partial charge in [-0.05, 0) is 23.6 Å². The van der Waals surface area contributed by atoms with E-state index in [-0.39, 0.29) is 0 Å². The van der Waals surface area contributed by atoms with E-state index in [0.717, 1.165) is 12.1 Å². The Bertz CT molecular complexity index is 453. The summed E-state index contributed by atoms with van der Waals surface area (Å²) >= 11 is 0. The first-order valence-corrected chi connectivity index (χ1v) is 5.82. The summed E-state index contributed by atoms with van der Waals surface area (Å²) < 4.78 is 0. The minimum absolute atomic E-state index is 0.974. The molecule has 0 bridgehead atoms. The van der Waals surface area contributed by atoms with Crippen molar-refractivity contribution in [3.63, 3.8) is 0 Å². The minimum Gasteiger partial charge on any atom is -0.320 e. The summed E-state index contributed by atoms with van der Waals surface area (Å²) in [5.41, 5.74) is 6.99. The van der Waals surface area contributed by atoms with E-state index in [2.05, 4.69) is 54.0 Å². The van der Waals surface area contributed by atoms with Gasteiger partial charge in [-0.2, -0.15) is 0 Å². The lowest BCUT2D eigenvalue weighted by Gasteiger charge is -2.17. The largest absolute Gasteiger partial charge is 0.320 e. The van der Waals surface area contributed by atoms with Gasteiger partial charge in [0.1, 0.15) is 0 Å². The Balaban J connectivity index is 2.03. The van der Waals surface area contributed by atoms with Gasteiger partial charge in [-0.1, -0.05) is 48.6 Å². The highest BCUT2D eigenvalue weighted by atomic mass is 15.5. The fourth-order valence-corrected chi connectivity index (χ4v) is 1.77. The minimum atomic E-state index is 0.974. The molecule has 1 aliphatic rings. The highest BCUT2D eigenvalue weighted by molar-refractivity contribution is 5.57. The average molecular weight is 226 g/mol. The molecule has 2 heteroatoms. The number of hydrogen-bond donors (Lipinski definition) is 1. The molecule has 2 rings (SSSR count). The lowest BCUT2D eigenvalue weighted by Crippen LogP contribution is -2.29. The summed E-state index contributed by atoms with van der Waals surface area (Å²) in [5, 5.41) is 1.95. The van der Waals surface area contributed by atoms with Gasteiger partial charge < -0.3 is 5.43 Å². The van der Waals surface area contributed by atoms with Crippen LogP contribution in [0.15, 0.2) is 59.8 Å². The third-order valence-corrected chi connectivity index (χ3v) is 2.54. The Morgan fingerprint density at radius 2 is 1.88 bits per heavy atom. The zero-order valence-corrected chi connectivity index (χ0v) is 10.4. The van der Waals surface area contributed by atoms with Crippen molar-refractivity contribution in [2.45, 2.75) is 6.42 Å². The van der Waals surface area contributed by atoms with Gasteiger partial charge in [-0.3, -0.25) is 0 Å². The standard InChI is InChI=1S/C15H18N2/c1-17(2)16-15-10-8-14(9-11-15)12-13-6-4-3-5-7-13/h3-8,10-12,16H,9H2,1-2H3. The van der Waals surface area contributed by atoms with E-state index < -0.39 is 0 Å². The third kappa shape index (κ3) is 3.61. The first-order chi connectivity index (χ1) is 8.24. The molecule has 2 nitrogen and oxygen atoms in total. The predicted molar refractivity (Wildman–Crippen MR) is 73.1 cm³/mol. The van der Waals surface area contributed by atoms with Crippen LogP contribution in [-0.4, -0.2) is 19.1 Å². The van der Waals surface area contributed by atoms with Crippen LogP contribution in [0.5, 0.6) is 0 Å². The fourth-order valence-electron chi connectivity index (χ4n) is 1.77. The van der Waals surface area contributed by atoms with Crippen LogP contribution < -0.4 is 5.43 Å². The third-order valence-electron chi connectivity index (χ3n) is 2.54. The number of allylic oxidation sites excluding steroid dienone is 4. The average Bonchev–Trinajstić information content (AvgIpc) is 2.32. The van der Waals surface area contributed by atoms with Crippen LogP contribution in [-0.2, 0) is 0 Å². The molecule has 1 aliphatic carbocycles. The summed E-state index contributed by atoms with van der Waals surface area (Å²) in [4.78, 5) is 0. The Hall–Kier alpha value is -1.80. The highest BCUT2D eigenvalue weighted by Gasteiger charge is 2.01. The molecule has 1 aromatic carbocycles. The molecule has 17 heavy (non-hydrogen) atoms. The van der Waals surface area contributed by atoms with Crippen molar-refractivity contribution in [1.82, 2.24) is 10.4 Å². The second-order valence-corrected chi connectivity index (χ2v) is 4.33. The highest BCUT2D eigenvalue weighted by Crippen LogP contribution is 2.17. The molecule has 1 N–H and O–H groups in total. The molecule has 0 aliphatic heterocycles. The second-order valence-electron chi connectivity index (χ2n) is 4.33. The summed E-state index contributed by atoms with van der Waals surface area (Å²) in [5.74, 6) is 0. The molecular weight excluding hydrogens is 208 g/mol. The van der Waals surface area contributed by atoms with Crippen molar-refractivity contribution < 1.29 is 0 Å². The Morgan fingerprint density at radius 3 is 2.47 bits per heavy atom. The van der Waals surface area contributed by atoms with Crippen LogP contribution in [0.25, 0.3) is 6.08 Å². The first kappa shape index (κ1) is 11.7. The maximum absolute atomic E-state index is 3.25. The number of nitrogens with zero attached hydrogens (tertiary/aromatic N) is 1. The van der Waals surface area contributed by atoms with Gasteiger partial charge in [0.2, 0.25) is 0 Å². The number of hydrazine groups is 1. The van der Waals surface area contributed by atoms with E-state index >= 15 is 0 Å². The van der Waals surface area contributed by atoms with Crippen molar-refractivity contribution in [3.8, 4) is 0 Å². The predicted octanol–water partition coefficient (Wildman–Crippen LogP) is 2.98. The Labute approximate surface area is 103 Å². The first-order valence-electron chi connectivity index (χ1n) is 5.82. The number of benzene rings is 1. The molecule has 88 valence electrons. The molecule has 1 aromatic rings. The Kier molecular flexibility index (Phi) is 3.78. The smallest absolute Gasteiger partial charge is 0.0453 e. The van der Waals surface area contributed by atoms with Crippen LogP contribution in [0.4, 0.5) is 0 Å². The van der Waals surface area contributed by atoms with Gasteiger partial charge in [0.15, 0.2) is 0 Å². The molecule has 0 saturated heterocycles. The number of rotatable bonds is 3. The van der Waals surface area contributed by atoms with Crippen molar-refractivity contribution in [2.24, 2.45) is 0 Å². The van der Waals surface area contributed by atoms with Crippen molar-refractivity contribution in [2.75, 3.05) is 14.1 Å². The van der Waals surface area contributed by atoms with Crippen molar-refractivity contribution >= 4 is 6.08 Å². The van der Waals surface area contributed by atoms with E-state index in [0.29, 0.717) is 0 Å². The van der Waals surface area contributed by atoms with Crippen molar-refractivity contribution in [1.29, 1.82) is 0 Å². The van der Waals surface area contributed by atoms with Gasteiger partial charge in [0.05, 0.1) is 0 Å². The lowest BCUT2D eigenvalue weighted by molar-refractivity contribution is 0.332. The monoisotopic (exact) mass is 226 g/mol. The maximum atomic E-state index is 3.25. The summed E-state index contributed by atoms with van der Waals surface area (Å²) in [6.45, 7) is 0. The fraction of sp³-hybridized carbons (Fsp3) is 0.200. The van der Waals surface area contributed by atoms with Gasteiger partial charge >= 0.3 is 0 Å². The molecule has 0 spiro atoms. The van der Waals surface area contributed by atoms with E-state index in [4.69, 9.17) is 0 Å². The van der Waals surface area contributed by atoms with Crippen molar-refractivity contribution in [3.05, 3.63) is 65.4 Å². The Morgan fingerprint density at radius 1 is 1.12 bits per heavy atom. The van der Waals surface area contributed by atoms with Crippen LogP contribution in [0, 0.1) is 0 Å². The molecule has 0 amide bonds. The molecule has 0 saturated carbocycles. The molecule has 0 aromatic heterocycles. The van der Waals surface area contributed by atoms with Crippen LogP contribution in [0.3, 0.4) is 0 Å². The molecule has 0 atom stereocenters. The molecule has 0 unspecified atom stereocenters. The normalized spacial score (nSPS) is 17.4. The van der Waals surface area contributed by atoms with E-state index in [9.17, 15) is 0 Å². The van der Waals surface area contributed by atoms with Gasteiger partial charge in [0, 0.05) is 19.8 Å². The van der Waals surface area contributed by atoms with E-state index in [1.807, 2.05) is 25.2 Å². The number of nitrogens with one attached hydrogen (secondary N) is 1. The van der Waals surface area contributed by atoms with Gasteiger partial charge in [0.25, 0.3) is 0 Å². The zero-order chi connectivity index (χ0) is 12.1. The molecule has 0 fully saturated rings. The van der Waals surface area contributed by atoms with Crippen LogP contribution >= 0.6 is 0 Å². The molecule has 0 radical (unpaired) electrons. The summed E-state index contributed by atoms with van der Waals surface area (Å²) in [6.07, 6.45) is 9.67. The van der Waals surface area contributed by atoms with Gasteiger partial charge in [-0.25, -0.2) is 5.01 Å². The second kappa shape index (κ2) is 5.51. The van der Waals surface area contributed by atoms with Gasteiger partial charge in [-0.15, -0.1) is 0 Å². The quantitative estimate of drug-likeness (QED) is 0.797. The number of hydrogen-bond acceptors (Lipinski definition) is 2. The lowest BCUT2D eigenvalue weighted by atomic mass is 10.0. The molecular formula is C15H18N2.